The molecule has 0 bridgehead atoms. The number of carbonyl (C=O) groups excluding carboxylic acids is 2. The molecule has 2 heterocycles. The Balaban J connectivity index is 2.22. The normalized spacial score (nSPS) is 21.6. The number of nitrogens with zero attached hydrogens (tertiary/aromatic N) is 3. The molecule has 23 heavy (non-hydrogen) atoms. The number of halogens is 3. The summed E-state index contributed by atoms with van der Waals surface area (Å²) >= 11 is 0. The van der Waals surface area contributed by atoms with Gasteiger partial charge in [0.2, 0.25) is 11.8 Å². The predicted octanol–water partition coefficient (Wildman–Crippen LogP) is 1.94. The lowest BCUT2D eigenvalue weighted by atomic mass is 9.88. The van der Waals surface area contributed by atoms with E-state index in [0.717, 1.165) is 4.68 Å². The second-order valence-electron chi connectivity index (χ2n) is 6.15. The number of hydrogen-bond acceptors (Lipinski definition) is 3. The lowest BCUT2D eigenvalue weighted by molar-refractivity contribution is -0.142. The average molecular weight is 332 g/mol. The molecule has 1 atom stereocenters. The molecule has 0 saturated carbocycles. The maximum atomic E-state index is 12.9. The number of likely N-dealkylation sites (tertiary alicyclic amines) is 1. The van der Waals surface area contributed by atoms with E-state index in [4.69, 9.17) is 0 Å². The summed E-state index contributed by atoms with van der Waals surface area (Å²) in [6, 6.07) is 0. The van der Waals surface area contributed by atoms with Gasteiger partial charge in [-0.3, -0.25) is 14.3 Å². The highest BCUT2D eigenvalue weighted by Crippen LogP contribution is 2.35. The van der Waals surface area contributed by atoms with E-state index < -0.39 is 23.2 Å². The summed E-state index contributed by atoms with van der Waals surface area (Å²) in [4.78, 5) is 25.4. The summed E-state index contributed by atoms with van der Waals surface area (Å²) in [5.74, 6) is -0.525. The minimum atomic E-state index is -4.58. The SMILES string of the molecule is CC(=O)N1CCC(C)(C(=O)Nc2c(C)c(C(F)(F)F)nn2C)C1. The molecule has 0 radical (unpaired) electrons. The van der Waals surface area contributed by atoms with Crippen molar-refractivity contribution in [3.63, 3.8) is 0 Å². The first kappa shape index (κ1) is 17.3. The maximum absolute atomic E-state index is 12.9. The summed E-state index contributed by atoms with van der Waals surface area (Å²) in [5, 5.41) is 5.98. The molecule has 1 aliphatic rings. The Hall–Kier alpha value is -2.06. The monoisotopic (exact) mass is 332 g/mol. The van der Waals surface area contributed by atoms with Gasteiger partial charge in [0.05, 0.1) is 5.41 Å². The van der Waals surface area contributed by atoms with Crippen molar-refractivity contribution in [2.45, 2.75) is 33.4 Å². The minimum Gasteiger partial charge on any atom is -0.342 e. The van der Waals surface area contributed by atoms with Crippen molar-refractivity contribution in [3.05, 3.63) is 11.3 Å². The molecule has 9 heteroatoms. The standard InChI is InChI=1S/C14H19F3N4O2/c1-8-10(14(15,16)17)19-20(4)11(8)18-12(23)13(3)5-6-21(7-13)9(2)22/h5-7H2,1-4H3,(H,18,23). The van der Waals surface area contributed by atoms with Crippen molar-refractivity contribution < 1.29 is 22.8 Å². The molecule has 128 valence electrons. The molecule has 1 fully saturated rings. The average Bonchev–Trinajstić information content (AvgIpc) is 2.95. The first-order valence-corrected chi connectivity index (χ1v) is 7.13. The third-order valence-electron chi connectivity index (χ3n) is 4.25. The summed E-state index contributed by atoms with van der Waals surface area (Å²) in [5.41, 5.74) is -1.98. The van der Waals surface area contributed by atoms with E-state index >= 15 is 0 Å². The first-order chi connectivity index (χ1) is 10.5. The first-order valence-electron chi connectivity index (χ1n) is 7.13. The molecule has 1 aliphatic heterocycles. The Labute approximate surface area is 131 Å². The highest BCUT2D eigenvalue weighted by atomic mass is 19.4. The molecule has 2 rings (SSSR count). The number of amides is 2. The zero-order valence-electron chi connectivity index (χ0n) is 13.4. The Bertz CT molecular complexity index is 653. The van der Waals surface area contributed by atoms with Gasteiger partial charge in [-0.15, -0.1) is 0 Å². The van der Waals surface area contributed by atoms with Crippen LogP contribution >= 0.6 is 0 Å². The van der Waals surface area contributed by atoms with Gasteiger partial charge in [0.15, 0.2) is 5.69 Å². The van der Waals surface area contributed by atoms with Gasteiger partial charge in [-0.2, -0.15) is 18.3 Å². The number of nitrogens with one attached hydrogen (secondary N) is 1. The largest absolute Gasteiger partial charge is 0.435 e. The number of carbonyl (C=O) groups is 2. The van der Waals surface area contributed by atoms with E-state index in [1.807, 2.05) is 0 Å². The maximum Gasteiger partial charge on any atom is 0.435 e. The van der Waals surface area contributed by atoms with E-state index in [1.165, 1.54) is 20.9 Å². The molecule has 1 saturated heterocycles. The van der Waals surface area contributed by atoms with Gasteiger partial charge in [0, 0.05) is 32.6 Å². The Morgan fingerprint density at radius 3 is 2.39 bits per heavy atom. The fourth-order valence-corrected chi connectivity index (χ4v) is 2.75. The van der Waals surface area contributed by atoms with Crippen LogP contribution in [0.3, 0.4) is 0 Å². The smallest absolute Gasteiger partial charge is 0.342 e. The molecular weight excluding hydrogens is 313 g/mol. The summed E-state index contributed by atoms with van der Waals surface area (Å²) in [6.07, 6.45) is -4.12. The number of rotatable bonds is 2. The lowest BCUT2D eigenvalue weighted by Gasteiger charge is -2.23. The number of aryl methyl sites for hydroxylation is 1. The van der Waals surface area contributed by atoms with Crippen molar-refractivity contribution in [3.8, 4) is 0 Å². The fourth-order valence-electron chi connectivity index (χ4n) is 2.75. The number of hydrogen-bond donors (Lipinski definition) is 1. The van der Waals surface area contributed by atoms with Gasteiger partial charge in [-0.25, -0.2) is 0 Å². The molecule has 1 aromatic rings. The van der Waals surface area contributed by atoms with Crippen LogP contribution < -0.4 is 5.32 Å². The zero-order chi connectivity index (χ0) is 17.6. The topological polar surface area (TPSA) is 67.2 Å². The lowest BCUT2D eigenvalue weighted by Crippen LogP contribution is -2.38. The van der Waals surface area contributed by atoms with Crippen LogP contribution in [0.25, 0.3) is 0 Å². The number of anilines is 1. The predicted molar refractivity (Wildman–Crippen MR) is 76.6 cm³/mol. The van der Waals surface area contributed by atoms with E-state index in [1.54, 1.807) is 11.8 Å². The highest BCUT2D eigenvalue weighted by Gasteiger charge is 2.43. The molecule has 0 aromatic carbocycles. The van der Waals surface area contributed by atoms with E-state index in [9.17, 15) is 22.8 Å². The van der Waals surface area contributed by atoms with Crippen LogP contribution in [0.1, 0.15) is 31.5 Å². The Morgan fingerprint density at radius 1 is 1.35 bits per heavy atom. The molecular formula is C14H19F3N4O2. The van der Waals surface area contributed by atoms with Crippen molar-refractivity contribution in [1.29, 1.82) is 0 Å². The fraction of sp³-hybridized carbons (Fsp3) is 0.643. The summed E-state index contributed by atoms with van der Waals surface area (Å²) in [6.45, 7) is 5.09. The Morgan fingerprint density at radius 2 is 1.96 bits per heavy atom. The third-order valence-corrected chi connectivity index (χ3v) is 4.25. The molecule has 2 amide bonds. The molecule has 1 unspecified atom stereocenters. The number of alkyl halides is 3. The summed E-state index contributed by atoms with van der Waals surface area (Å²) in [7, 11) is 1.34. The third kappa shape index (κ3) is 3.18. The van der Waals surface area contributed by atoms with E-state index in [0.29, 0.717) is 13.0 Å². The van der Waals surface area contributed by atoms with Crippen LogP contribution in [-0.2, 0) is 22.8 Å². The second-order valence-corrected chi connectivity index (χ2v) is 6.15. The number of aromatic nitrogens is 2. The minimum absolute atomic E-state index is 0.0184. The van der Waals surface area contributed by atoms with Crippen LogP contribution in [0.5, 0.6) is 0 Å². The highest BCUT2D eigenvalue weighted by molar-refractivity contribution is 5.96. The van der Waals surface area contributed by atoms with Crippen LogP contribution in [0.4, 0.5) is 19.0 Å². The Kier molecular flexibility index (Phi) is 4.16. The molecule has 1 aromatic heterocycles. The van der Waals surface area contributed by atoms with Crippen LogP contribution in [0.2, 0.25) is 0 Å². The van der Waals surface area contributed by atoms with Gasteiger partial charge < -0.3 is 10.2 Å². The molecule has 0 spiro atoms. The van der Waals surface area contributed by atoms with Crippen molar-refractivity contribution in [2.24, 2.45) is 12.5 Å². The van der Waals surface area contributed by atoms with Crippen LogP contribution in [0, 0.1) is 12.3 Å². The zero-order valence-corrected chi connectivity index (χ0v) is 13.4. The van der Waals surface area contributed by atoms with Crippen molar-refractivity contribution >= 4 is 17.6 Å². The van der Waals surface area contributed by atoms with Gasteiger partial charge >= 0.3 is 6.18 Å². The van der Waals surface area contributed by atoms with Crippen molar-refractivity contribution in [2.75, 3.05) is 18.4 Å². The quantitative estimate of drug-likeness (QED) is 0.900. The van der Waals surface area contributed by atoms with E-state index in [-0.39, 0.29) is 23.8 Å². The van der Waals surface area contributed by atoms with Crippen molar-refractivity contribution in [1.82, 2.24) is 14.7 Å². The van der Waals surface area contributed by atoms with Crippen LogP contribution in [-0.4, -0.2) is 39.6 Å². The van der Waals surface area contributed by atoms with E-state index in [2.05, 4.69) is 10.4 Å². The molecule has 1 N–H and O–H groups in total. The van der Waals surface area contributed by atoms with Gasteiger partial charge in [-0.1, -0.05) is 0 Å². The summed E-state index contributed by atoms with van der Waals surface area (Å²) < 4.78 is 39.6. The van der Waals surface area contributed by atoms with Gasteiger partial charge in [0.1, 0.15) is 5.82 Å². The molecule has 6 nitrogen and oxygen atoms in total. The van der Waals surface area contributed by atoms with Gasteiger partial charge in [-0.05, 0) is 20.3 Å². The van der Waals surface area contributed by atoms with Gasteiger partial charge in [0.25, 0.3) is 0 Å². The second kappa shape index (κ2) is 5.54. The van der Waals surface area contributed by atoms with Crippen LogP contribution in [0.15, 0.2) is 0 Å². The molecule has 0 aliphatic carbocycles.